The molecule has 12 nitrogen and oxygen atoms in total. The van der Waals surface area contributed by atoms with Crippen molar-refractivity contribution >= 4 is 42.1 Å². The van der Waals surface area contributed by atoms with E-state index in [4.69, 9.17) is 9.47 Å². The lowest BCUT2D eigenvalue weighted by Crippen LogP contribution is -2.63. The highest BCUT2D eigenvalue weighted by molar-refractivity contribution is 8.05. The van der Waals surface area contributed by atoms with E-state index in [9.17, 15) is 61.2 Å². The number of halogens is 6. The van der Waals surface area contributed by atoms with Crippen LogP contribution in [0.1, 0.15) is 50.4 Å². The van der Waals surface area contributed by atoms with Crippen molar-refractivity contribution in [1.82, 2.24) is 4.13 Å². The van der Waals surface area contributed by atoms with Crippen LogP contribution in [0.25, 0.3) is 0 Å². The van der Waals surface area contributed by atoms with Crippen LogP contribution in [0, 0.1) is 5.41 Å². The van der Waals surface area contributed by atoms with Crippen LogP contribution in [0.5, 0.6) is 5.75 Å². The molecule has 0 atom stereocenters. The maximum absolute atomic E-state index is 14.2. The highest BCUT2D eigenvalue weighted by atomic mass is 32.3. The zero-order valence-electron chi connectivity index (χ0n) is 22.3. The molecule has 0 aliphatic rings. The second-order valence-corrected chi connectivity index (χ2v) is 14.6. The standard InChI is InChI=1S/C21H27F6NO11S3/c1-5-18(2,3)17(30)38-13-7-6-12-37-16(29)14-8-10-15(11-9-14)39-42(35,36)21(26,27)19(22,23)20(24,25)41(33,34)28-40(4,31)32/h8-11,28H,5-7,12-13H2,1-4H3. The second-order valence-electron chi connectivity index (χ2n) is 9.25. The smallest absolute Gasteiger partial charge is 0.450 e. The molecule has 0 unspecified atom stereocenters. The fraction of sp³-hybridized carbons (Fsp3) is 0.619. The van der Waals surface area contributed by atoms with Gasteiger partial charge in [0.15, 0.2) is 0 Å². The number of carbonyl (C=O) groups excluding carboxylic acids is 2. The van der Waals surface area contributed by atoms with E-state index in [2.05, 4.69) is 4.18 Å². The minimum atomic E-state index is -7.26. The fourth-order valence-electron chi connectivity index (χ4n) is 2.53. The number of nitrogens with one attached hydrogen (secondary N) is 1. The lowest BCUT2D eigenvalue weighted by Gasteiger charge is -2.30. The minimum Gasteiger partial charge on any atom is -0.465 e. The molecule has 0 radical (unpaired) electrons. The summed E-state index contributed by atoms with van der Waals surface area (Å²) in [7, 11) is -19.4. The third-order valence-corrected chi connectivity index (χ3v) is 9.70. The van der Waals surface area contributed by atoms with Gasteiger partial charge in [0, 0.05) is 0 Å². The molecule has 0 aliphatic carbocycles. The van der Waals surface area contributed by atoms with E-state index in [1.807, 2.05) is 6.92 Å². The highest BCUT2D eigenvalue weighted by Gasteiger charge is 2.83. The first-order valence-corrected chi connectivity index (χ1v) is 16.3. The number of alkyl halides is 6. The molecule has 21 heteroatoms. The summed E-state index contributed by atoms with van der Waals surface area (Å²) < 4.78 is 167. The largest absolute Gasteiger partial charge is 0.465 e. The third-order valence-electron chi connectivity index (χ3n) is 5.38. The van der Waals surface area contributed by atoms with Gasteiger partial charge in [-0.1, -0.05) is 6.92 Å². The number of sulfonamides is 2. The zero-order chi connectivity index (χ0) is 33.0. The van der Waals surface area contributed by atoms with E-state index >= 15 is 0 Å². The van der Waals surface area contributed by atoms with Crippen LogP contribution in [0.15, 0.2) is 24.3 Å². The first-order valence-electron chi connectivity index (χ1n) is 11.5. The number of esters is 2. The Morgan fingerprint density at radius 2 is 1.29 bits per heavy atom. The highest BCUT2D eigenvalue weighted by Crippen LogP contribution is 2.51. The molecule has 0 aromatic heterocycles. The Morgan fingerprint density at radius 3 is 1.74 bits per heavy atom. The van der Waals surface area contributed by atoms with Crippen LogP contribution in [0.3, 0.4) is 0 Å². The molecule has 0 fully saturated rings. The van der Waals surface area contributed by atoms with E-state index in [1.165, 1.54) is 0 Å². The van der Waals surface area contributed by atoms with Gasteiger partial charge < -0.3 is 13.7 Å². The van der Waals surface area contributed by atoms with Gasteiger partial charge in [-0.3, -0.25) is 4.79 Å². The number of ether oxygens (including phenoxy) is 2. The Balaban J connectivity index is 2.89. The normalized spacial score (nSPS) is 13.9. The molecule has 0 heterocycles. The Kier molecular flexibility index (Phi) is 11.5. The number of hydrogen-bond acceptors (Lipinski definition) is 11. The molecule has 1 N–H and O–H groups in total. The average molecular weight is 680 g/mol. The van der Waals surface area contributed by atoms with Gasteiger partial charge >= 0.3 is 38.5 Å². The molecule has 0 saturated carbocycles. The van der Waals surface area contributed by atoms with E-state index in [0.29, 0.717) is 25.0 Å². The van der Waals surface area contributed by atoms with Gasteiger partial charge in [-0.15, -0.1) is 4.13 Å². The molecular formula is C21H27F6NO11S3. The predicted octanol–water partition coefficient (Wildman–Crippen LogP) is 3.01. The topological polar surface area (TPSA) is 176 Å². The Labute approximate surface area is 237 Å². The molecule has 42 heavy (non-hydrogen) atoms. The molecule has 0 bridgehead atoms. The summed E-state index contributed by atoms with van der Waals surface area (Å²) in [6, 6.07) is 2.48. The number of hydrogen-bond donors (Lipinski definition) is 1. The number of benzene rings is 1. The van der Waals surface area contributed by atoms with Crippen LogP contribution < -0.4 is 8.31 Å². The Morgan fingerprint density at radius 1 is 0.810 bits per heavy atom. The molecule has 0 saturated heterocycles. The van der Waals surface area contributed by atoms with Crippen LogP contribution in [-0.4, -0.2) is 73.1 Å². The summed E-state index contributed by atoms with van der Waals surface area (Å²) in [5.41, 5.74) is -0.973. The molecule has 1 aromatic rings. The van der Waals surface area contributed by atoms with Crippen molar-refractivity contribution in [3.63, 3.8) is 0 Å². The molecular weight excluding hydrogens is 652 g/mol. The van der Waals surface area contributed by atoms with Crippen molar-refractivity contribution in [1.29, 1.82) is 0 Å². The van der Waals surface area contributed by atoms with Crippen molar-refractivity contribution in [2.45, 2.75) is 56.5 Å². The quantitative estimate of drug-likeness (QED) is 0.118. The Hall–Kier alpha value is -2.65. The van der Waals surface area contributed by atoms with Gasteiger partial charge in [-0.05, 0) is 57.4 Å². The molecule has 0 amide bonds. The first-order chi connectivity index (χ1) is 18.8. The maximum atomic E-state index is 14.2. The molecule has 1 rings (SSSR count). The van der Waals surface area contributed by atoms with Crippen molar-refractivity contribution in [2.24, 2.45) is 5.41 Å². The predicted molar refractivity (Wildman–Crippen MR) is 132 cm³/mol. The molecule has 242 valence electrons. The number of rotatable bonds is 16. The monoisotopic (exact) mass is 679 g/mol. The summed E-state index contributed by atoms with van der Waals surface area (Å²) in [6.45, 7) is 5.12. The van der Waals surface area contributed by atoms with E-state index < -0.39 is 69.7 Å². The van der Waals surface area contributed by atoms with E-state index in [0.717, 1.165) is 12.1 Å². The van der Waals surface area contributed by atoms with Crippen LogP contribution in [-0.2, 0) is 44.4 Å². The second kappa shape index (κ2) is 12.9. The third kappa shape index (κ3) is 8.47. The van der Waals surface area contributed by atoms with Gasteiger partial charge in [0.25, 0.3) is 10.0 Å². The minimum absolute atomic E-state index is 0.0502. The summed E-state index contributed by atoms with van der Waals surface area (Å²) >= 11 is 0. The fourth-order valence-corrected chi connectivity index (χ4v) is 5.98. The van der Waals surface area contributed by atoms with Crippen molar-refractivity contribution in [2.75, 3.05) is 19.5 Å². The summed E-state index contributed by atoms with van der Waals surface area (Å²) in [5.74, 6) is -9.85. The molecule has 0 aliphatic heterocycles. The summed E-state index contributed by atoms with van der Waals surface area (Å²) in [6.07, 6.45) is 1.06. The number of carbonyl (C=O) groups is 2. The van der Waals surface area contributed by atoms with Gasteiger partial charge in [-0.2, -0.15) is 34.8 Å². The van der Waals surface area contributed by atoms with Crippen LogP contribution in [0.2, 0.25) is 0 Å². The summed E-state index contributed by atoms with van der Waals surface area (Å²) in [4.78, 5) is 23.9. The van der Waals surface area contributed by atoms with E-state index in [-0.39, 0.29) is 35.6 Å². The van der Waals surface area contributed by atoms with Crippen molar-refractivity contribution < 1.29 is 74.8 Å². The zero-order valence-corrected chi connectivity index (χ0v) is 24.8. The van der Waals surface area contributed by atoms with Crippen molar-refractivity contribution in [3.8, 4) is 5.75 Å². The van der Waals surface area contributed by atoms with Gasteiger partial charge in [-0.25, -0.2) is 21.6 Å². The Bertz CT molecular complexity index is 1460. The van der Waals surface area contributed by atoms with Crippen molar-refractivity contribution in [3.05, 3.63) is 29.8 Å². The van der Waals surface area contributed by atoms with Gasteiger partial charge in [0.1, 0.15) is 5.75 Å². The van der Waals surface area contributed by atoms with Gasteiger partial charge in [0.05, 0.1) is 30.4 Å². The first kappa shape index (κ1) is 37.4. The molecule has 0 spiro atoms. The summed E-state index contributed by atoms with van der Waals surface area (Å²) in [5, 5.41) is -13.9. The maximum Gasteiger partial charge on any atom is 0.450 e. The molecule has 1 aromatic carbocycles. The van der Waals surface area contributed by atoms with Crippen LogP contribution in [0.4, 0.5) is 26.3 Å². The van der Waals surface area contributed by atoms with Gasteiger partial charge in [0.2, 0.25) is 10.0 Å². The average Bonchev–Trinajstić information content (AvgIpc) is 2.84. The van der Waals surface area contributed by atoms with Crippen LogP contribution >= 0.6 is 0 Å². The SMILES string of the molecule is CCC(C)(C)C(=O)OCCCCOC(=O)c1ccc(OS(=O)(=O)C(F)(F)C(F)(F)C(F)(F)S(=O)(=O)NS(C)(=O)=O)cc1. The lowest BCUT2D eigenvalue weighted by atomic mass is 9.91. The van der Waals surface area contributed by atoms with E-state index in [1.54, 1.807) is 13.8 Å². The number of unbranched alkanes of at least 4 members (excludes halogenated alkanes) is 1. The lowest BCUT2D eigenvalue weighted by molar-refractivity contribution is -0.245.